The molecule has 0 saturated heterocycles. The van der Waals surface area contributed by atoms with Crippen LogP contribution >= 0.6 is 0 Å². The Hall–Kier alpha value is -3.12. The van der Waals surface area contributed by atoms with Crippen molar-refractivity contribution in [1.82, 2.24) is 0 Å². The molecule has 0 spiro atoms. The van der Waals surface area contributed by atoms with Crippen molar-refractivity contribution in [3.63, 3.8) is 0 Å². The normalized spacial score (nSPS) is 11.3. The molecular formula is C26H30N2O3S. The first-order valence-corrected chi connectivity index (χ1v) is 12.3. The van der Waals surface area contributed by atoms with Crippen molar-refractivity contribution in [3.8, 4) is 0 Å². The van der Waals surface area contributed by atoms with Gasteiger partial charge >= 0.3 is 0 Å². The maximum absolute atomic E-state index is 12.8. The smallest absolute Gasteiger partial charge is 0.255 e. The van der Waals surface area contributed by atoms with Gasteiger partial charge in [-0.25, -0.2) is 8.42 Å². The van der Waals surface area contributed by atoms with Gasteiger partial charge in [-0.3, -0.25) is 9.10 Å². The van der Waals surface area contributed by atoms with Gasteiger partial charge in [0.15, 0.2) is 0 Å². The lowest BCUT2D eigenvalue weighted by Crippen LogP contribution is -2.32. The first-order valence-electron chi connectivity index (χ1n) is 10.7. The van der Waals surface area contributed by atoms with E-state index in [1.165, 1.54) is 4.31 Å². The third-order valence-corrected chi connectivity index (χ3v) is 7.40. The summed E-state index contributed by atoms with van der Waals surface area (Å²) in [7, 11) is -3.46. The summed E-state index contributed by atoms with van der Waals surface area (Å²) in [6.45, 7) is 9.75. The Kier molecular flexibility index (Phi) is 7.04. The number of carbonyl (C=O) groups is 1. The predicted octanol–water partition coefficient (Wildman–Crippen LogP) is 5.53. The van der Waals surface area contributed by atoms with Gasteiger partial charge in [-0.15, -0.1) is 0 Å². The fourth-order valence-corrected chi connectivity index (χ4v) is 4.47. The van der Waals surface area contributed by atoms with E-state index in [4.69, 9.17) is 0 Å². The number of rotatable bonds is 7. The minimum atomic E-state index is -3.46. The summed E-state index contributed by atoms with van der Waals surface area (Å²) in [4.78, 5) is 12.7. The topological polar surface area (TPSA) is 66.5 Å². The molecule has 0 aliphatic carbocycles. The van der Waals surface area contributed by atoms with Gasteiger partial charge in [0.25, 0.3) is 5.91 Å². The van der Waals surface area contributed by atoms with E-state index in [2.05, 4.69) is 5.32 Å². The van der Waals surface area contributed by atoms with Gasteiger partial charge in [-0.1, -0.05) is 30.3 Å². The van der Waals surface area contributed by atoms with Crippen LogP contribution in [0.4, 0.5) is 11.4 Å². The van der Waals surface area contributed by atoms with Crippen molar-refractivity contribution in [2.24, 2.45) is 0 Å². The third-order valence-electron chi connectivity index (χ3n) is 5.66. The number of hydrogen-bond acceptors (Lipinski definition) is 3. The SMILES string of the molecule is CCS(=O)(=O)N(Cc1ccc(C(=O)Nc2cc(C)ccc2C)cc1)c1ccc(C)c(C)c1. The van der Waals surface area contributed by atoms with Crippen molar-refractivity contribution in [2.75, 3.05) is 15.4 Å². The van der Waals surface area contributed by atoms with E-state index >= 15 is 0 Å². The average molecular weight is 451 g/mol. The molecule has 1 N–H and O–H groups in total. The third kappa shape index (κ3) is 5.37. The molecule has 32 heavy (non-hydrogen) atoms. The lowest BCUT2D eigenvalue weighted by molar-refractivity contribution is 0.102. The number of nitrogens with one attached hydrogen (secondary N) is 1. The molecule has 0 aliphatic heterocycles. The summed E-state index contributed by atoms with van der Waals surface area (Å²) in [6.07, 6.45) is 0. The zero-order chi connectivity index (χ0) is 23.5. The minimum Gasteiger partial charge on any atom is -0.322 e. The number of amides is 1. The van der Waals surface area contributed by atoms with E-state index in [1.54, 1.807) is 31.2 Å². The highest BCUT2D eigenvalue weighted by Crippen LogP contribution is 2.25. The lowest BCUT2D eigenvalue weighted by atomic mass is 10.1. The molecule has 0 radical (unpaired) electrons. The Balaban J connectivity index is 1.82. The summed E-state index contributed by atoms with van der Waals surface area (Å²) in [5.41, 5.74) is 6.98. The van der Waals surface area contributed by atoms with Gasteiger partial charge in [0.2, 0.25) is 10.0 Å². The molecule has 0 heterocycles. The van der Waals surface area contributed by atoms with Crippen LogP contribution in [0.3, 0.4) is 0 Å². The summed E-state index contributed by atoms with van der Waals surface area (Å²) in [6, 6.07) is 18.7. The van der Waals surface area contributed by atoms with Gasteiger partial charge in [-0.2, -0.15) is 0 Å². The van der Waals surface area contributed by atoms with Crippen molar-refractivity contribution >= 4 is 27.3 Å². The Morgan fingerprint density at radius 3 is 2.12 bits per heavy atom. The van der Waals surface area contributed by atoms with E-state index < -0.39 is 10.0 Å². The monoisotopic (exact) mass is 450 g/mol. The first kappa shape index (κ1) is 23.5. The molecule has 3 aromatic carbocycles. The summed E-state index contributed by atoms with van der Waals surface area (Å²) < 4.78 is 27.0. The summed E-state index contributed by atoms with van der Waals surface area (Å²) >= 11 is 0. The van der Waals surface area contributed by atoms with Gasteiger partial charge in [0.1, 0.15) is 0 Å². The van der Waals surface area contributed by atoms with Crippen molar-refractivity contribution in [1.29, 1.82) is 0 Å². The van der Waals surface area contributed by atoms with Crippen LogP contribution in [0.2, 0.25) is 0 Å². The number of hydrogen-bond donors (Lipinski definition) is 1. The maximum Gasteiger partial charge on any atom is 0.255 e. The Labute approximate surface area is 191 Å². The second kappa shape index (κ2) is 9.57. The van der Waals surface area contributed by atoms with Crippen LogP contribution in [-0.2, 0) is 16.6 Å². The van der Waals surface area contributed by atoms with Crippen LogP contribution in [0.25, 0.3) is 0 Å². The standard InChI is InChI=1S/C26H30N2O3S/c1-6-32(30,31)28(24-14-9-19(3)21(5)16-24)17-22-10-12-23(13-11-22)26(29)27-25-15-18(2)7-8-20(25)4/h7-16H,6,17H2,1-5H3,(H,27,29). The summed E-state index contributed by atoms with van der Waals surface area (Å²) in [5.74, 6) is -0.187. The first-order chi connectivity index (χ1) is 15.1. The minimum absolute atomic E-state index is 0.0102. The number of sulfonamides is 1. The molecule has 0 aromatic heterocycles. The molecule has 3 aromatic rings. The second-order valence-electron chi connectivity index (χ2n) is 8.15. The lowest BCUT2D eigenvalue weighted by Gasteiger charge is -2.25. The van der Waals surface area contributed by atoms with Gasteiger partial charge in [0, 0.05) is 11.3 Å². The van der Waals surface area contributed by atoms with Gasteiger partial charge in [-0.05, 0) is 92.8 Å². The van der Waals surface area contributed by atoms with E-state index in [1.807, 2.05) is 64.1 Å². The number of anilines is 2. The van der Waals surface area contributed by atoms with Crippen LogP contribution in [0.5, 0.6) is 0 Å². The number of benzene rings is 3. The summed E-state index contributed by atoms with van der Waals surface area (Å²) in [5, 5.41) is 2.95. The fraction of sp³-hybridized carbons (Fsp3) is 0.269. The molecule has 5 nitrogen and oxygen atoms in total. The van der Waals surface area contributed by atoms with E-state index in [-0.39, 0.29) is 18.2 Å². The van der Waals surface area contributed by atoms with Gasteiger partial charge < -0.3 is 5.32 Å². The molecule has 0 unspecified atom stereocenters. The quantitative estimate of drug-likeness (QED) is 0.515. The predicted molar refractivity (Wildman–Crippen MR) is 132 cm³/mol. The molecule has 168 valence electrons. The highest BCUT2D eigenvalue weighted by Gasteiger charge is 2.21. The molecular weight excluding hydrogens is 420 g/mol. The van der Waals surface area contributed by atoms with Crippen LogP contribution in [0, 0.1) is 27.7 Å². The van der Waals surface area contributed by atoms with Crippen molar-refractivity contribution in [3.05, 3.63) is 94.0 Å². The molecule has 1 amide bonds. The van der Waals surface area contributed by atoms with E-state index in [9.17, 15) is 13.2 Å². The van der Waals surface area contributed by atoms with Crippen LogP contribution < -0.4 is 9.62 Å². The number of nitrogens with zero attached hydrogens (tertiary/aromatic N) is 1. The van der Waals surface area contributed by atoms with Crippen molar-refractivity contribution in [2.45, 2.75) is 41.2 Å². The molecule has 6 heteroatoms. The second-order valence-corrected chi connectivity index (χ2v) is 10.3. The Morgan fingerprint density at radius 1 is 0.844 bits per heavy atom. The largest absolute Gasteiger partial charge is 0.322 e. The van der Waals surface area contributed by atoms with Crippen LogP contribution in [0.15, 0.2) is 60.7 Å². The van der Waals surface area contributed by atoms with E-state index in [0.29, 0.717) is 11.3 Å². The molecule has 0 fully saturated rings. The van der Waals surface area contributed by atoms with Crippen LogP contribution in [-0.4, -0.2) is 20.1 Å². The molecule has 0 bridgehead atoms. The van der Waals surface area contributed by atoms with E-state index in [0.717, 1.165) is 33.5 Å². The van der Waals surface area contributed by atoms with Gasteiger partial charge in [0.05, 0.1) is 18.0 Å². The highest BCUT2D eigenvalue weighted by molar-refractivity contribution is 7.92. The Bertz CT molecular complexity index is 1230. The zero-order valence-corrected chi connectivity index (χ0v) is 20.1. The Morgan fingerprint density at radius 2 is 1.50 bits per heavy atom. The highest BCUT2D eigenvalue weighted by atomic mass is 32.2. The maximum atomic E-state index is 12.8. The molecule has 0 atom stereocenters. The zero-order valence-electron chi connectivity index (χ0n) is 19.3. The fourth-order valence-electron chi connectivity index (χ4n) is 3.38. The number of carbonyl (C=O) groups excluding carboxylic acids is 1. The molecule has 3 rings (SSSR count). The van der Waals surface area contributed by atoms with Crippen molar-refractivity contribution < 1.29 is 13.2 Å². The average Bonchev–Trinajstić information content (AvgIpc) is 2.77. The number of aryl methyl sites for hydroxylation is 4. The van der Waals surface area contributed by atoms with Crippen LogP contribution in [0.1, 0.15) is 45.1 Å². The molecule has 0 aliphatic rings. The molecule has 0 saturated carbocycles.